The zero-order valence-electron chi connectivity index (χ0n) is 11.2. The van der Waals surface area contributed by atoms with Crippen LogP contribution >= 0.6 is 0 Å². The van der Waals surface area contributed by atoms with Crippen molar-refractivity contribution in [2.75, 3.05) is 10.6 Å². The van der Waals surface area contributed by atoms with Gasteiger partial charge in [-0.2, -0.15) is 0 Å². The second-order valence-electron chi connectivity index (χ2n) is 4.82. The van der Waals surface area contributed by atoms with Crippen molar-refractivity contribution >= 4 is 17.1 Å². The van der Waals surface area contributed by atoms with Crippen LogP contribution in [0.15, 0.2) is 48.5 Å². The highest BCUT2D eigenvalue weighted by Crippen LogP contribution is 2.23. The lowest BCUT2D eigenvalue weighted by Crippen LogP contribution is -2.10. The summed E-state index contributed by atoms with van der Waals surface area (Å²) in [5.41, 5.74) is 4.68. The van der Waals surface area contributed by atoms with Crippen LogP contribution in [0.2, 0.25) is 0 Å². The molecule has 0 spiro atoms. The summed E-state index contributed by atoms with van der Waals surface area (Å²) in [5.74, 6) is 0. The maximum atomic E-state index is 3.44. The number of benzene rings is 2. The highest BCUT2D eigenvalue weighted by atomic mass is 14.9. The zero-order valence-corrected chi connectivity index (χ0v) is 11.2. The molecule has 0 bridgehead atoms. The second kappa shape index (κ2) is 5.58. The van der Waals surface area contributed by atoms with E-state index in [4.69, 9.17) is 0 Å². The Morgan fingerprint density at radius 1 is 0.889 bits per heavy atom. The Kier molecular flexibility index (Phi) is 3.88. The predicted octanol–water partition coefficient (Wildman–Crippen LogP) is 4.56. The summed E-state index contributed by atoms with van der Waals surface area (Å²) in [6.45, 7) is 6.42. The highest BCUT2D eigenvalue weighted by molar-refractivity contribution is 5.65. The number of anilines is 3. The molecule has 2 aromatic rings. The van der Waals surface area contributed by atoms with Crippen LogP contribution in [-0.4, -0.2) is 6.04 Å². The fraction of sp³-hybridized carbons (Fsp3) is 0.250. The molecule has 2 N–H and O–H groups in total. The lowest BCUT2D eigenvalue weighted by Gasteiger charge is -2.14. The Morgan fingerprint density at radius 2 is 1.61 bits per heavy atom. The SMILES string of the molecule is Cc1cc(Nc2ccccc2)ccc1NC(C)C. The normalized spacial score (nSPS) is 10.4. The number of aryl methyl sites for hydroxylation is 1. The molecule has 0 amide bonds. The molecule has 2 rings (SSSR count). The van der Waals surface area contributed by atoms with Gasteiger partial charge in [0.1, 0.15) is 0 Å². The monoisotopic (exact) mass is 240 g/mol. The number of hydrogen-bond acceptors (Lipinski definition) is 2. The molecule has 0 aliphatic carbocycles. The van der Waals surface area contributed by atoms with E-state index in [0.29, 0.717) is 6.04 Å². The summed E-state index contributed by atoms with van der Waals surface area (Å²) in [4.78, 5) is 0. The van der Waals surface area contributed by atoms with Gasteiger partial charge in [-0.05, 0) is 56.7 Å². The minimum absolute atomic E-state index is 0.455. The first-order valence-corrected chi connectivity index (χ1v) is 6.34. The molecule has 94 valence electrons. The molecule has 0 radical (unpaired) electrons. The smallest absolute Gasteiger partial charge is 0.0388 e. The summed E-state index contributed by atoms with van der Waals surface area (Å²) < 4.78 is 0. The number of nitrogens with one attached hydrogen (secondary N) is 2. The van der Waals surface area contributed by atoms with E-state index in [0.717, 1.165) is 11.4 Å². The number of hydrogen-bond donors (Lipinski definition) is 2. The van der Waals surface area contributed by atoms with Crippen molar-refractivity contribution in [1.29, 1.82) is 0 Å². The van der Waals surface area contributed by atoms with Gasteiger partial charge < -0.3 is 10.6 Å². The first kappa shape index (κ1) is 12.5. The van der Waals surface area contributed by atoms with E-state index in [9.17, 15) is 0 Å². The van der Waals surface area contributed by atoms with E-state index in [-0.39, 0.29) is 0 Å². The predicted molar refractivity (Wildman–Crippen MR) is 79.7 cm³/mol. The molecule has 0 fully saturated rings. The van der Waals surface area contributed by atoms with Gasteiger partial charge in [0.2, 0.25) is 0 Å². The fourth-order valence-electron chi connectivity index (χ4n) is 1.90. The molecule has 2 heteroatoms. The molecule has 2 nitrogen and oxygen atoms in total. The van der Waals surface area contributed by atoms with E-state index >= 15 is 0 Å². The van der Waals surface area contributed by atoms with E-state index in [1.54, 1.807) is 0 Å². The van der Waals surface area contributed by atoms with Gasteiger partial charge in [0.15, 0.2) is 0 Å². The average molecular weight is 240 g/mol. The molecule has 2 aromatic carbocycles. The van der Waals surface area contributed by atoms with E-state index in [2.05, 4.69) is 61.7 Å². The maximum absolute atomic E-state index is 3.44. The Hall–Kier alpha value is -1.96. The average Bonchev–Trinajstić information content (AvgIpc) is 2.33. The molecule has 0 saturated heterocycles. The summed E-state index contributed by atoms with van der Waals surface area (Å²) in [6, 6.07) is 17.1. The highest BCUT2D eigenvalue weighted by Gasteiger charge is 2.01. The van der Waals surface area contributed by atoms with Gasteiger partial charge in [-0.25, -0.2) is 0 Å². The van der Waals surface area contributed by atoms with Crippen LogP contribution in [0.1, 0.15) is 19.4 Å². The quantitative estimate of drug-likeness (QED) is 0.818. The summed E-state index contributed by atoms with van der Waals surface area (Å²) >= 11 is 0. The van der Waals surface area contributed by atoms with Crippen LogP contribution < -0.4 is 10.6 Å². The van der Waals surface area contributed by atoms with Crippen LogP contribution in [0.3, 0.4) is 0 Å². The minimum Gasteiger partial charge on any atom is -0.383 e. The molecular weight excluding hydrogens is 220 g/mol. The number of rotatable bonds is 4. The van der Waals surface area contributed by atoms with Crippen molar-refractivity contribution in [1.82, 2.24) is 0 Å². The van der Waals surface area contributed by atoms with Crippen molar-refractivity contribution < 1.29 is 0 Å². The molecule has 0 unspecified atom stereocenters. The van der Waals surface area contributed by atoms with Gasteiger partial charge >= 0.3 is 0 Å². The topological polar surface area (TPSA) is 24.1 Å². The first-order chi connectivity index (χ1) is 8.65. The van der Waals surface area contributed by atoms with E-state index in [1.807, 2.05) is 18.2 Å². The van der Waals surface area contributed by atoms with Crippen LogP contribution in [0.4, 0.5) is 17.1 Å². The standard InChI is InChI=1S/C16H20N2/c1-12(2)17-16-10-9-15(11-13(16)3)18-14-7-5-4-6-8-14/h4-12,17-18H,1-3H3. The van der Waals surface area contributed by atoms with Gasteiger partial charge in [-0.15, -0.1) is 0 Å². The third-order valence-corrected chi connectivity index (χ3v) is 2.73. The van der Waals surface area contributed by atoms with E-state index in [1.165, 1.54) is 11.3 Å². The molecule has 18 heavy (non-hydrogen) atoms. The van der Waals surface area contributed by atoms with Crippen molar-refractivity contribution in [2.24, 2.45) is 0 Å². The third-order valence-electron chi connectivity index (χ3n) is 2.73. The van der Waals surface area contributed by atoms with Crippen molar-refractivity contribution in [3.8, 4) is 0 Å². The Bertz CT molecular complexity index is 504. The summed E-state index contributed by atoms with van der Waals surface area (Å²) in [6.07, 6.45) is 0. The maximum Gasteiger partial charge on any atom is 0.0388 e. The van der Waals surface area contributed by atoms with Gasteiger partial charge in [-0.1, -0.05) is 18.2 Å². The summed E-state index contributed by atoms with van der Waals surface area (Å²) in [7, 11) is 0. The Labute approximate surface area is 109 Å². The van der Waals surface area contributed by atoms with Gasteiger partial charge in [-0.3, -0.25) is 0 Å². The Morgan fingerprint density at radius 3 is 2.22 bits per heavy atom. The number of para-hydroxylation sites is 1. The summed E-state index contributed by atoms with van der Waals surface area (Å²) in [5, 5.41) is 6.83. The minimum atomic E-state index is 0.455. The molecule has 0 saturated carbocycles. The van der Waals surface area contributed by atoms with E-state index < -0.39 is 0 Å². The van der Waals surface area contributed by atoms with Gasteiger partial charge in [0.25, 0.3) is 0 Å². The molecule has 0 atom stereocenters. The van der Waals surface area contributed by atoms with Crippen LogP contribution in [0, 0.1) is 6.92 Å². The second-order valence-corrected chi connectivity index (χ2v) is 4.82. The van der Waals surface area contributed by atoms with Gasteiger partial charge in [0, 0.05) is 23.1 Å². The molecule has 0 aromatic heterocycles. The molecule has 0 heterocycles. The molecular formula is C16H20N2. The lowest BCUT2D eigenvalue weighted by atomic mass is 10.1. The Balaban J connectivity index is 2.14. The molecule has 0 aliphatic rings. The van der Waals surface area contributed by atoms with Crippen LogP contribution in [0.5, 0.6) is 0 Å². The fourth-order valence-corrected chi connectivity index (χ4v) is 1.90. The van der Waals surface area contributed by atoms with Gasteiger partial charge in [0.05, 0.1) is 0 Å². The van der Waals surface area contributed by atoms with Crippen molar-refractivity contribution in [3.05, 3.63) is 54.1 Å². The zero-order chi connectivity index (χ0) is 13.0. The largest absolute Gasteiger partial charge is 0.383 e. The lowest BCUT2D eigenvalue weighted by molar-refractivity contribution is 0.897. The van der Waals surface area contributed by atoms with Crippen molar-refractivity contribution in [2.45, 2.75) is 26.8 Å². The third kappa shape index (κ3) is 3.27. The van der Waals surface area contributed by atoms with Crippen LogP contribution in [0.25, 0.3) is 0 Å². The van der Waals surface area contributed by atoms with Crippen LogP contribution in [-0.2, 0) is 0 Å². The first-order valence-electron chi connectivity index (χ1n) is 6.34. The molecule has 0 aliphatic heterocycles. The van der Waals surface area contributed by atoms with Crippen molar-refractivity contribution in [3.63, 3.8) is 0 Å².